The van der Waals surface area contributed by atoms with E-state index in [9.17, 15) is 4.79 Å². The highest BCUT2D eigenvalue weighted by atomic mass is 16.1. The standard InChI is InChI=1S/C16H29N5O/c1-4-14(16-17-12-18-21(16)6-3)19-15(22)11-13-7-9-20(5-2)10-8-13/h12-14H,4-11H2,1-3H3,(H,19,22)/t14-/m0/s1. The van der Waals surface area contributed by atoms with Crippen molar-refractivity contribution in [3.63, 3.8) is 0 Å². The number of nitrogens with zero attached hydrogens (tertiary/aromatic N) is 4. The highest BCUT2D eigenvalue weighted by Crippen LogP contribution is 2.21. The van der Waals surface area contributed by atoms with Crippen LogP contribution >= 0.6 is 0 Å². The van der Waals surface area contributed by atoms with Crippen LogP contribution in [0.4, 0.5) is 0 Å². The van der Waals surface area contributed by atoms with E-state index in [1.807, 2.05) is 11.6 Å². The van der Waals surface area contributed by atoms with Crippen molar-refractivity contribution in [3.05, 3.63) is 12.2 Å². The second kappa shape index (κ2) is 8.27. The molecule has 0 saturated carbocycles. The van der Waals surface area contributed by atoms with E-state index in [-0.39, 0.29) is 11.9 Å². The third-order valence-corrected chi connectivity index (χ3v) is 4.63. The van der Waals surface area contributed by atoms with E-state index < -0.39 is 0 Å². The van der Waals surface area contributed by atoms with Gasteiger partial charge in [-0.15, -0.1) is 0 Å². The van der Waals surface area contributed by atoms with E-state index >= 15 is 0 Å². The Morgan fingerprint density at radius 2 is 2.05 bits per heavy atom. The monoisotopic (exact) mass is 307 g/mol. The summed E-state index contributed by atoms with van der Waals surface area (Å²) < 4.78 is 1.86. The van der Waals surface area contributed by atoms with Crippen LogP contribution in [0.2, 0.25) is 0 Å². The van der Waals surface area contributed by atoms with Gasteiger partial charge in [-0.1, -0.05) is 13.8 Å². The molecular formula is C16H29N5O. The first-order valence-corrected chi connectivity index (χ1v) is 8.57. The zero-order valence-electron chi connectivity index (χ0n) is 14.1. The van der Waals surface area contributed by atoms with Gasteiger partial charge in [0.15, 0.2) is 0 Å². The third-order valence-electron chi connectivity index (χ3n) is 4.63. The molecule has 6 heteroatoms. The molecule has 1 saturated heterocycles. The Kier molecular flexibility index (Phi) is 6.36. The fourth-order valence-electron chi connectivity index (χ4n) is 3.16. The smallest absolute Gasteiger partial charge is 0.220 e. The van der Waals surface area contributed by atoms with Gasteiger partial charge in [0.2, 0.25) is 5.91 Å². The summed E-state index contributed by atoms with van der Waals surface area (Å²) >= 11 is 0. The van der Waals surface area contributed by atoms with Crippen LogP contribution < -0.4 is 5.32 Å². The van der Waals surface area contributed by atoms with Gasteiger partial charge in [0, 0.05) is 13.0 Å². The molecule has 0 spiro atoms. The molecule has 1 aromatic heterocycles. The molecule has 22 heavy (non-hydrogen) atoms. The first-order valence-electron chi connectivity index (χ1n) is 8.57. The van der Waals surface area contributed by atoms with Crippen molar-refractivity contribution >= 4 is 5.91 Å². The van der Waals surface area contributed by atoms with Crippen molar-refractivity contribution in [2.45, 2.75) is 59.0 Å². The molecule has 0 unspecified atom stereocenters. The number of nitrogens with one attached hydrogen (secondary N) is 1. The summed E-state index contributed by atoms with van der Waals surface area (Å²) in [4.78, 5) is 19.1. The maximum atomic E-state index is 12.3. The minimum Gasteiger partial charge on any atom is -0.346 e. The Morgan fingerprint density at radius 3 is 2.64 bits per heavy atom. The van der Waals surface area contributed by atoms with Crippen LogP contribution in [-0.2, 0) is 11.3 Å². The molecule has 1 amide bonds. The Labute approximate surface area is 133 Å². The third kappa shape index (κ3) is 4.29. The van der Waals surface area contributed by atoms with Gasteiger partial charge in [-0.2, -0.15) is 5.10 Å². The molecule has 124 valence electrons. The van der Waals surface area contributed by atoms with E-state index in [1.165, 1.54) is 0 Å². The average molecular weight is 307 g/mol. The molecule has 0 bridgehead atoms. The van der Waals surface area contributed by atoms with Crippen LogP contribution in [0.25, 0.3) is 0 Å². The molecule has 1 N–H and O–H groups in total. The van der Waals surface area contributed by atoms with Crippen molar-refractivity contribution in [1.82, 2.24) is 25.0 Å². The van der Waals surface area contributed by atoms with Gasteiger partial charge in [0.1, 0.15) is 12.2 Å². The number of aromatic nitrogens is 3. The van der Waals surface area contributed by atoms with Gasteiger partial charge in [0.25, 0.3) is 0 Å². The van der Waals surface area contributed by atoms with E-state index in [0.29, 0.717) is 12.3 Å². The minimum absolute atomic E-state index is 0.0364. The summed E-state index contributed by atoms with van der Waals surface area (Å²) in [7, 11) is 0. The van der Waals surface area contributed by atoms with Gasteiger partial charge in [0.05, 0.1) is 6.04 Å². The van der Waals surface area contributed by atoms with Crippen molar-refractivity contribution in [1.29, 1.82) is 0 Å². The number of amides is 1. The number of hydrogen-bond donors (Lipinski definition) is 1. The lowest BCUT2D eigenvalue weighted by Gasteiger charge is -2.31. The summed E-state index contributed by atoms with van der Waals surface area (Å²) in [6.45, 7) is 10.4. The lowest BCUT2D eigenvalue weighted by atomic mass is 9.93. The first-order chi connectivity index (χ1) is 10.7. The van der Waals surface area contributed by atoms with E-state index in [1.54, 1.807) is 6.33 Å². The molecule has 0 radical (unpaired) electrons. The predicted molar refractivity (Wildman–Crippen MR) is 86.3 cm³/mol. The Hall–Kier alpha value is -1.43. The lowest BCUT2D eigenvalue weighted by Crippen LogP contribution is -2.36. The van der Waals surface area contributed by atoms with Crippen molar-refractivity contribution in [2.24, 2.45) is 5.92 Å². The molecule has 2 rings (SSSR count). The fourth-order valence-corrected chi connectivity index (χ4v) is 3.16. The Balaban J connectivity index is 1.85. The molecule has 1 atom stereocenters. The van der Waals surface area contributed by atoms with Crippen molar-refractivity contribution in [2.75, 3.05) is 19.6 Å². The molecule has 6 nitrogen and oxygen atoms in total. The number of rotatable bonds is 7. The minimum atomic E-state index is -0.0364. The van der Waals surface area contributed by atoms with Gasteiger partial charge in [-0.05, 0) is 51.7 Å². The number of hydrogen-bond acceptors (Lipinski definition) is 4. The number of carbonyl (C=O) groups excluding carboxylic acids is 1. The number of carbonyl (C=O) groups is 1. The Bertz CT molecular complexity index is 465. The topological polar surface area (TPSA) is 63.1 Å². The summed E-state index contributed by atoms with van der Waals surface area (Å²) in [5.41, 5.74) is 0. The summed E-state index contributed by atoms with van der Waals surface area (Å²) in [5.74, 6) is 1.52. The second-order valence-electron chi connectivity index (χ2n) is 6.04. The Morgan fingerprint density at radius 1 is 1.32 bits per heavy atom. The maximum absolute atomic E-state index is 12.3. The van der Waals surface area contributed by atoms with E-state index in [4.69, 9.17) is 0 Å². The number of aryl methyl sites for hydroxylation is 1. The molecule has 1 aromatic rings. The van der Waals surface area contributed by atoms with Crippen LogP contribution in [-0.4, -0.2) is 45.2 Å². The van der Waals surface area contributed by atoms with E-state index in [2.05, 4.69) is 34.1 Å². The van der Waals surface area contributed by atoms with Crippen LogP contribution in [0.3, 0.4) is 0 Å². The molecule has 1 aliphatic rings. The van der Waals surface area contributed by atoms with Gasteiger partial charge in [-0.25, -0.2) is 9.67 Å². The average Bonchev–Trinajstić information content (AvgIpc) is 3.01. The second-order valence-corrected chi connectivity index (χ2v) is 6.04. The first kappa shape index (κ1) is 16.9. The van der Waals surface area contributed by atoms with Crippen LogP contribution in [0.5, 0.6) is 0 Å². The summed E-state index contributed by atoms with van der Waals surface area (Å²) in [6.07, 6.45) is 5.29. The van der Waals surface area contributed by atoms with Gasteiger partial charge < -0.3 is 10.2 Å². The highest BCUT2D eigenvalue weighted by Gasteiger charge is 2.23. The predicted octanol–water partition coefficient (Wildman–Crippen LogP) is 1.99. The molecule has 2 heterocycles. The molecule has 0 aromatic carbocycles. The molecule has 1 fully saturated rings. The molecule has 1 aliphatic heterocycles. The van der Waals surface area contributed by atoms with Crippen molar-refractivity contribution in [3.8, 4) is 0 Å². The van der Waals surface area contributed by atoms with Crippen LogP contribution in [0.15, 0.2) is 6.33 Å². The summed E-state index contributed by atoms with van der Waals surface area (Å²) in [5, 5.41) is 7.33. The fraction of sp³-hybridized carbons (Fsp3) is 0.812. The van der Waals surface area contributed by atoms with Crippen LogP contribution in [0, 0.1) is 5.92 Å². The molecule has 0 aliphatic carbocycles. The van der Waals surface area contributed by atoms with E-state index in [0.717, 1.165) is 51.3 Å². The largest absolute Gasteiger partial charge is 0.346 e. The highest BCUT2D eigenvalue weighted by molar-refractivity contribution is 5.76. The van der Waals surface area contributed by atoms with Crippen LogP contribution in [0.1, 0.15) is 58.3 Å². The lowest BCUT2D eigenvalue weighted by molar-refractivity contribution is -0.123. The normalized spacial score (nSPS) is 18.3. The molecular weight excluding hydrogens is 278 g/mol. The zero-order chi connectivity index (χ0) is 15.9. The zero-order valence-corrected chi connectivity index (χ0v) is 14.1. The quantitative estimate of drug-likeness (QED) is 0.837. The van der Waals surface area contributed by atoms with Gasteiger partial charge in [-0.3, -0.25) is 4.79 Å². The van der Waals surface area contributed by atoms with Gasteiger partial charge >= 0.3 is 0 Å². The summed E-state index contributed by atoms with van der Waals surface area (Å²) in [6, 6.07) is -0.0364. The number of likely N-dealkylation sites (tertiary alicyclic amines) is 1. The van der Waals surface area contributed by atoms with Crippen molar-refractivity contribution < 1.29 is 4.79 Å². The number of piperidine rings is 1. The SMILES string of the molecule is CC[C@H](NC(=O)CC1CCN(CC)CC1)c1ncnn1CC. The maximum Gasteiger partial charge on any atom is 0.220 e.